The van der Waals surface area contributed by atoms with E-state index >= 15 is 0 Å². The number of aldehydes is 1. The van der Waals surface area contributed by atoms with Crippen molar-refractivity contribution in [2.45, 2.75) is 32.4 Å². The topological polar surface area (TPSA) is 63.3 Å². The number of carbonyl (C=O) groups is 1. The Labute approximate surface area is 61.2 Å². The van der Waals surface area contributed by atoms with E-state index in [9.17, 15) is 4.79 Å². The average molecular weight is 145 g/mol. The van der Waals surface area contributed by atoms with Crippen molar-refractivity contribution in [3.8, 4) is 0 Å². The normalized spacial score (nSPS) is 19.6. The zero-order valence-corrected chi connectivity index (χ0v) is 6.45. The third-order valence-electron chi connectivity index (χ3n) is 1.83. The van der Waals surface area contributed by atoms with E-state index in [1.807, 2.05) is 13.8 Å². The maximum atomic E-state index is 10.0. The lowest BCUT2D eigenvalue weighted by Gasteiger charge is -2.19. The van der Waals surface area contributed by atoms with Gasteiger partial charge in [0.05, 0.1) is 0 Å². The van der Waals surface area contributed by atoms with Crippen LogP contribution in [0, 0.1) is 5.92 Å². The number of hydrogen-bond acceptors (Lipinski definition) is 3. The second kappa shape index (κ2) is 4.41. The molecule has 0 aliphatic carbocycles. The van der Waals surface area contributed by atoms with Crippen molar-refractivity contribution in [1.29, 1.82) is 0 Å². The molecule has 3 atom stereocenters. The molecule has 3 N–H and O–H groups in total. The lowest BCUT2D eigenvalue weighted by Crippen LogP contribution is -2.40. The molecule has 0 rings (SSSR count). The molecule has 3 unspecified atom stereocenters. The van der Waals surface area contributed by atoms with Crippen molar-refractivity contribution >= 4 is 6.29 Å². The fourth-order valence-electron chi connectivity index (χ4n) is 0.699. The number of aliphatic hydroxyl groups excluding tert-OH is 1. The molecule has 0 aromatic heterocycles. The van der Waals surface area contributed by atoms with Crippen LogP contribution < -0.4 is 5.73 Å². The number of carbonyl (C=O) groups excluding carboxylic acids is 1. The smallest absolute Gasteiger partial charge is 0.150 e. The Bertz CT molecular complexity index is 106. The van der Waals surface area contributed by atoms with Gasteiger partial charge in [0.1, 0.15) is 12.4 Å². The molecule has 0 saturated heterocycles. The summed E-state index contributed by atoms with van der Waals surface area (Å²) >= 11 is 0. The van der Waals surface area contributed by atoms with Crippen molar-refractivity contribution < 1.29 is 9.90 Å². The van der Waals surface area contributed by atoms with E-state index in [4.69, 9.17) is 10.8 Å². The predicted octanol–water partition coefficient (Wildman–Crippen LogP) is -0.0804. The van der Waals surface area contributed by atoms with Gasteiger partial charge in [0.25, 0.3) is 0 Å². The Morgan fingerprint density at radius 3 is 2.50 bits per heavy atom. The van der Waals surface area contributed by atoms with Crippen LogP contribution in [0.1, 0.15) is 20.3 Å². The van der Waals surface area contributed by atoms with E-state index in [0.29, 0.717) is 6.29 Å². The minimum atomic E-state index is -1.00. The van der Waals surface area contributed by atoms with Crippen LogP contribution in [0.5, 0.6) is 0 Å². The van der Waals surface area contributed by atoms with Gasteiger partial charge in [-0.05, 0) is 5.92 Å². The highest BCUT2D eigenvalue weighted by molar-refractivity contribution is 5.56. The Morgan fingerprint density at radius 2 is 2.20 bits per heavy atom. The highest BCUT2D eigenvalue weighted by Gasteiger charge is 2.18. The van der Waals surface area contributed by atoms with Gasteiger partial charge in [-0.3, -0.25) is 0 Å². The maximum Gasteiger partial charge on any atom is 0.150 e. The molecule has 0 fully saturated rings. The summed E-state index contributed by atoms with van der Waals surface area (Å²) in [7, 11) is 0. The van der Waals surface area contributed by atoms with Gasteiger partial charge >= 0.3 is 0 Å². The zero-order chi connectivity index (χ0) is 8.15. The molecular weight excluding hydrogens is 130 g/mol. The molecule has 60 valence electrons. The van der Waals surface area contributed by atoms with Crippen LogP contribution in [0.25, 0.3) is 0 Å². The molecule has 0 aliphatic rings. The van der Waals surface area contributed by atoms with Crippen LogP contribution in [0.4, 0.5) is 0 Å². The summed E-state index contributed by atoms with van der Waals surface area (Å²) in [6.45, 7) is 3.89. The van der Waals surface area contributed by atoms with Crippen LogP contribution in [0.15, 0.2) is 0 Å². The number of hydrogen-bond donors (Lipinski definition) is 2. The maximum absolute atomic E-state index is 10.0. The molecule has 3 heteroatoms. The van der Waals surface area contributed by atoms with E-state index in [1.54, 1.807) is 0 Å². The van der Waals surface area contributed by atoms with Crippen molar-refractivity contribution in [3.63, 3.8) is 0 Å². The third kappa shape index (κ3) is 2.45. The second-order valence-corrected chi connectivity index (χ2v) is 2.59. The van der Waals surface area contributed by atoms with Gasteiger partial charge in [0.2, 0.25) is 0 Å². The zero-order valence-electron chi connectivity index (χ0n) is 6.45. The molecule has 0 saturated carbocycles. The molecule has 0 aliphatic heterocycles. The summed E-state index contributed by atoms with van der Waals surface area (Å²) in [4.78, 5) is 10.0. The average Bonchev–Trinajstić information content (AvgIpc) is 2.00. The van der Waals surface area contributed by atoms with Crippen molar-refractivity contribution in [3.05, 3.63) is 0 Å². The first-order chi connectivity index (χ1) is 4.63. The van der Waals surface area contributed by atoms with Crippen molar-refractivity contribution in [2.24, 2.45) is 11.7 Å². The number of rotatable bonds is 4. The first-order valence-electron chi connectivity index (χ1n) is 3.52. The Hall–Kier alpha value is -0.410. The summed E-state index contributed by atoms with van der Waals surface area (Å²) in [6, 6.07) is -0.414. The standard InChI is InChI=1S/C7H15NO2/c1-3-5(2)7(8)6(10)4-9/h4-7,10H,3,8H2,1-2H3. The lowest BCUT2D eigenvalue weighted by atomic mass is 9.96. The fourth-order valence-corrected chi connectivity index (χ4v) is 0.699. The van der Waals surface area contributed by atoms with Gasteiger partial charge in [-0.2, -0.15) is 0 Å². The molecule has 0 aromatic rings. The summed E-state index contributed by atoms with van der Waals surface area (Å²) in [5.74, 6) is 0.195. The molecular formula is C7H15NO2. The monoisotopic (exact) mass is 145 g/mol. The van der Waals surface area contributed by atoms with Crippen molar-refractivity contribution in [2.75, 3.05) is 0 Å². The van der Waals surface area contributed by atoms with Crippen LogP contribution in [0.3, 0.4) is 0 Å². The number of aliphatic hydroxyl groups is 1. The Kier molecular flexibility index (Phi) is 4.23. The minimum absolute atomic E-state index is 0.195. The molecule has 0 amide bonds. The summed E-state index contributed by atoms with van der Waals surface area (Å²) < 4.78 is 0. The molecule has 0 radical (unpaired) electrons. The molecule has 0 spiro atoms. The summed E-state index contributed by atoms with van der Waals surface area (Å²) in [5, 5.41) is 8.93. The molecule has 3 nitrogen and oxygen atoms in total. The molecule has 0 bridgehead atoms. The first-order valence-corrected chi connectivity index (χ1v) is 3.52. The van der Waals surface area contributed by atoms with Gasteiger partial charge in [-0.1, -0.05) is 20.3 Å². The third-order valence-corrected chi connectivity index (χ3v) is 1.83. The van der Waals surface area contributed by atoms with Gasteiger partial charge in [-0.15, -0.1) is 0 Å². The van der Waals surface area contributed by atoms with Gasteiger partial charge in [-0.25, -0.2) is 0 Å². The number of nitrogens with two attached hydrogens (primary N) is 1. The van der Waals surface area contributed by atoms with Crippen molar-refractivity contribution in [1.82, 2.24) is 0 Å². The first kappa shape index (κ1) is 9.59. The van der Waals surface area contributed by atoms with Crippen LogP contribution >= 0.6 is 0 Å². The van der Waals surface area contributed by atoms with E-state index in [1.165, 1.54) is 0 Å². The SMILES string of the molecule is CCC(C)C(N)C(O)C=O. The second-order valence-electron chi connectivity index (χ2n) is 2.59. The molecule has 0 aromatic carbocycles. The Balaban J connectivity index is 3.80. The molecule has 0 heterocycles. The summed E-state index contributed by atoms with van der Waals surface area (Å²) in [5.41, 5.74) is 5.50. The Morgan fingerprint density at radius 1 is 1.70 bits per heavy atom. The highest BCUT2D eigenvalue weighted by atomic mass is 16.3. The van der Waals surface area contributed by atoms with Crippen LogP contribution in [-0.4, -0.2) is 23.5 Å². The van der Waals surface area contributed by atoms with E-state index in [0.717, 1.165) is 6.42 Å². The fraction of sp³-hybridized carbons (Fsp3) is 0.857. The lowest BCUT2D eigenvalue weighted by molar-refractivity contribution is -0.116. The summed E-state index contributed by atoms with van der Waals surface area (Å²) in [6.07, 6.45) is 0.359. The van der Waals surface area contributed by atoms with E-state index in [-0.39, 0.29) is 5.92 Å². The van der Waals surface area contributed by atoms with Gasteiger partial charge in [0, 0.05) is 6.04 Å². The van der Waals surface area contributed by atoms with Crippen LogP contribution in [0.2, 0.25) is 0 Å². The van der Waals surface area contributed by atoms with E-state index < -0.39 is 12.1 Å². The van der Waals surface area contributed by atoms with Gasteiger partial charge < -0.3 is 15.6 Å². The van der Waals surface area contributed by atoms with Gasteiger partial charge in [0.15, 0.2) is 0 Å². The quantitative estimate of drug-likeness (QED) is 0.544. The highest BCUT2D eigenvalue weighted by Crippen LogP contribution is 2.07. The molecule has 10 heavy (non-hydrogen) atoms. The predicted molar refractivity (Wildman–Crippen MR) is 39.5 cm³/mol. The van der Waals surface area contributed by atoms with E-state index in [2.05, 4.69) is 0 Å². The van der Waals surface area contributed by atoms with Crippen LogP contribution in [-0.2, 0) is 4.79 Å². The largest absolute Gasteiger partial charge is 0.384 e. The minimum Gasteiger partial charge on any atom is -0.384 e.